The minimum absolute atomic E-state index is 0.00109. The number of anilines is 2. The van der Waals surface area contributed by atoms with Crippen molar-refractivity contribution < 1.29 is 22.4 Å². The molecule has 4 rings (SSSR count). The molecule has 0 saturated heterocycles. The van der Waals surface area contributed by atoms with Gasteiger partial charge in [0.25, 0.3) is 15.9 Å². The summed E-state index contributed by atoms with van der Waals surface area (Å²) in [6.07, 6.45) is 1.82. The van der Waals surface area contributed by atoms with Crippen LogP contribution < -0.4 is 15.4 Å². The second kappa shape index (κ2) is 9.64. The lowest BCUT2D eigenvalue weighted by Gasteiger charge is -2.13. The summed E-state index contributed by atoms with van der Waals surface area (Å²) in [6, 6.07) is 16.8. The predicted octanol–water partition coefficient (Wildman–Crippen LogP) is 4.21. The van der Waals surface area contributed by atoms with Crippen LogP contribution >= 0.6 is 0 Å². The summed E-state index contributed by atoms with van der Waals surface area (Å²) in [5.41, 5.74) is 2.04. The molecule has 0 radical (unpaired) electrons. The van der Waals surface area contributed by atoms with E-state index in [-0.39, 0.29) is 34.5 Å². The van der Waals surface area contributed by atoms with Crippen molar-refractivity contribution in [1.29, 1.82) is 0 Å². The van der Waals surface area contributed by atoms with Crippen molar-refractivity contribution in [3.63, 3.8) is 0 Å². The Morgan fingerprint density at radius 3 is 2.50 bits per heavy atom. The third-order valence-corrected chi connectivity index (χ3v) is 6.84. The van der Waals surface area contributed by atoms with Crippen LogP contribution in [-0.2, 0) is 21.4 Å². The molecule has 1 fully saturated rings. The van der Waals surface area contributed by atoms with E-state index in [1.54, 1.807) is 25.1 Å². The minimum atomic E-state index is -4.11. The quantitative estimate of drug-likeness (QED) is 0.448. The standard InChI is InChI=1S/C25H24FN3O4S/c1-16-9-12-20(34(32,33)29-23-8-3-2-7-22(23)26)14-21(16)25(31)27-15-17-5-4-6-19(13-17)28-24(30)18-10-11-18/h2-9,12-14,18,29H,10-11,15H2,1H3,(H,27,31)(H,28,30). The van der Waals surface area contributed by atoms with Crippen molar-refractivity contribution in [3.05, 3.63) is 89.2 Å². The Balaban J connectivity index is 1.46. The maximum absolute atomic E-state index is 13.9. The third-order valence-electron chi connectivity index (χ3n) is 5.48. The first-order valence-corrected chi connectivity index (χ1v) is 12.3. The third kappa shape index (κ3) is 5.60. The van der Waals surface area contributed by atoms with Gasteiger partial charge in [0.2, 0.25) is 5.91 Å². The topological polar surface area (TPSA) is 104 Å². The lowest BCUT2D eigenvalue weighted by Crippen LogP contribution is -2.24. The van der Waals surface area contributed by atoms with E-state index >= 15 is 0 Å². The molecule has 0 aliphatic heterocycles. The fourth-order valence-corrected chi connectivity index (χ4v) is 4.48. The summed E-state index contributed by atoms with van der Waals surface area (Å²) in [6.45, 7) is 1.89. The Morgan fingerprint density at radius 1 is 1.00 bits per heavy atom. The number of nitrogens with one attached hydrogen (secondary N) is 3. The number of hydrogen-bond donors (Lipinski definition) is 3. The van der Waals surface area contributed by atoms with Crippen molar-refractivity contribution in [1.82, 2.24) is 5.32 Å². The zero-order valence-corrected chi connectivity index (χ0v) is 19.3. The first-order chi connectivity index (χ1) is 16.2. The molecule has 1 aliphatic rings. The van der Waals surface area contributed by atoms with Gasteiger partial charge in [0, 0.05) is 23.7 Å². The van der Waals surface area contributed by atoms with Crippen LogP contribution in [-0.4, -0.2) is 20.2 Å². The van der Waals surface area contributed by atoms with Gasteiger partial charge in [0.15, 0.2) is 0 Å². The van der Waals surface area contributed by atoms with Crippen LogP contribution in [0.1, 0.15) is 34.3 Å². The van der Waals surface area contributed by atoms with Crippen molar-refractivity contribution in [3.8, 4) is 0 Å². The molecular weight excluding hydrogens is 457 g/mol. The monoisotopic (exact) mass is 481 g/mol. The Morgan fingerprint density at radius 2 is 1.76 bits per heavy atom. The second-order valence-corrected chi connectivity index (χ2v) is 9.89. The highest BCUT2D eigenvalue weighted by Gasteiger charge is 2.29. The first kappa shape index (κ1) is 23.4. The SMILES string of the molecule is Cc1ccc(S(=O)(=O)Nc2ccccc2F)cc1C(=O)NCc1cccc(NC(=O)C2CC2)c1. The number of halogens is 1. The predicted molar refractivity (Wildman–Crippen MR) is 127 cm³/mol. The fourth-order valence-electron chi connectivity index (χ4n) is 3.39. The lowest BCUT2D eigenvalue weighted by atomic mass is 10.1. The van der Waals surface area contributed by atoms with Gasteiger partial charge < -0.3 is 10.6 Å². The number of rotatable bonds is 8. The van der Waals surface area contributed by atoms with E-state index in [2.05, 4.69) is 15.4 Å². The summed E-state index contributed by atoms with van der Waals surface area (Å²) in [5, 5.41) is 5.65. The fraction of sp³-hybridized carbons (Fsp3) is 0.200. The summed E-state index contributed by atoms with van der Waals surface area (Å²) in [5.74, 6) is -1.07. The summed E-state index contributed by atoms with van der Waals surface area (Å²) >= 11 is 0. The lowest BCUT2D eigenvalue weighted by molar-refractivity contribution is -0.117. The molecule has 3 aromatic rings. The molecule has 7 nitrogen and oxygen atoms in total. The zero-order valence-electron chi connectivity index (χ0n) is 18.5. The minimum Gasteiger partial charge on any atom is -0.348 e. The van der Waals surface area contributed by atoms with Gasteiger partial charge in [-0.3, -0.25) is 14.3 Å². The molecule has 0 unspecified atom stereocenters. The molecule has 34 heavy (non-hydrogen) atoms. The summed E-state index contributed by atoms with van der Waals surface area (Å²) in [7, 11) is -4.11. The Bertz CT molecular complexity index is 1350. The molecule has 1 saturated carbocycles. The molecule has 3 aromatic carbocycles. The number of amides is 2. The number of para-hydroxylation sites is 1. The van der Waals surface area contributed by atoms with Gasteiger partial charge in [-0.05, 0) is 67.3 Å². The van der Waals surface area contributed by atoms with Crippen molar-refractivity contribution in [2.24, 2.45) is 5.92 Å². The molecule has 0 aromatic heterocycles. The molecule has 3 N–H and O–H groups in total. The van der Waals surface area contributed by atoms with Crippen LogP contribution in [0.25, 0.3) is 0 Å². The molecule has 2 amide bonds. The van der Waals surface area contributed by atoms with Gasteiger partial charge in [-0.15, -0.1) is 0 Å². The molecular formula is C25H24FN3O4S. The molecule has 0 heterocycles. The van der Waals surface area contributed by atoms with E-state index in [0.717, 1.165) is 24.5 Å². The van der Waals surface area contributed by atoms with Crippen molar-refractivity contribution >= 4 is 33.2 Å². The van der Waals surface area contributed by atoms with E-state index in [1.165, 1.54) is 36.4 Å². The van der Waals surface area contributed by atoms with Gasteiger partial charge in [-0.2, -0.15) is 0 Å². The Hall–Kier alpha value is -3.72. The Kier molecular flexibility index (Phi) is 6.65. The highest BCUT2D eigenvalue weighted by atomic mass is 32.2. The zero-order chi connectivity index (χ0) is 24.3. The van der Waals surface area contributed by atoms with E-state index < -0.39 is 21.7 Å². The average molecular weight is 482 g/mol. The number of carbonyl (C=O) groups is 2. The van der Waals surface area contributed by atoms with Crippen molar-refractivity contribution in [2.45, 2.75) is 31.2 Å². The maximum atomic E-state index is 13.9. The highest BCUT2D eigenvalue weighted by molar-refractivity contribution is 7.92. The van der Waals surface area contributed by atoms with E-state index in [4.69, 9.17) is 0 Å². The van der Waals surface area contributed by atoms with Gasteiger partial charge >= 0.3 is 0 Å². The second-order valence-electron chi connectivity index (χ2n) is 8.21. The first-order valence-electron chi connectivity index (χ1n) is 10.8. The van der Waals surface area contributed by atoms with Gasteiger partial charge in [0.1, 0.15) is 5.82 Å². The smallest absolute Gasteiger partial charge is 0.262 e. The molecule has 9 heteroatoms. The van der Waals surface area contributed by atoms with Crippen LogP contribution in [0.5, 0.6) is 0 Å². The molecule has 176 valence electrons. The number of hydrogen-bond acceptors (Lipinski definition) is 4. The van der Waals surface area contributed by atoms with Crippen molar-refractivity contribution in [2.75, 3.05) is 10.0 Å². The van der Waals surface area contributed by atoms with Gasteiger partial charge in [-0.1, -0.05) is 30.3 Å². The maximum Gasteiger partial charge on any atom is 0.262 e. The van der Waals surface area contributed by atoms with Gasteiger partial charge in [-0.25, -0.2) is 12.8 Å². The van der Waals surface area contributed by atoms with Crippen LogP contribution in [0, 0.1) is 18.7 Å². The van der Waals surface area contributed by atoms with Crippen LogP contribution in [0.3, 0.4) is 0 Å². The highest BCUT2D eigenvalue weighted by Crippen LogP contribution is 2.30. The average Bonchev–Trinajstić information content (AvgIpc) is 3.65. The van der Waals surface area contributed by atoms with Crippen LogP contribution in [0.4, 0.5) is 15.8 Å². The number of aryl methyl sites for hydroxylation is 1. The number of benzene rings is 3. The van der Waals surface area contributed by atoms with E-state index in [0.29, 0.717) is 11.3 Å². The summed E-state index contributed by atoms with van der Waals surface area (Å²) in [4.78, 5) is 24.6. The van der Waals surface area contributed by atoms with Gasteiger partial charge in [0.05, 0.1) is 10.6 Å². The molecule has 0 spiro atoms. The van der Waals surface area contributed by atoms with E-state index in [9.17, 15) is 22.4 Å². The van der Waals surface area contributed by atoms with Crippen LogP contribution in [0.2, 0.25) is 0 Å². The Labute approximate surface area is 197 Å². The van der Waals surface area contributed by atoms with E-state index in [1.807, 2.05) is 6.07 Å². The van der Waals surface area contributed by atoms with Crippen LogP contribution in [0.15, 0.2) is 71.6 Å². The normalized spacial score (nSPS) is 13.2. The largest absolute Gasteiger partial charge is 0.348 e. The molecule has 0 atom stereocenters. The molecule has 1 aliphatic carbocycles. The number of sulfonamides is 1. The summed E-state index contributed by atoms with van der Waals surface area (Å²) < 4.78 is 41.6. The number of carbonyl (C=O) groups excluding carboxylic acids is 2. The molecule has 0 bridgehead atoms.